The van der Waals surface area contributed by atoms with E-state index in [0.29, 0.717) is 17.5 Å². The molecule has 3 unspecified atom stereocenters. The molecule has 3 atom stereocenters. The highest BCUT2D eigenvalue weighted by molar-refractivity contribution is 5.73. The maximum absolute atomic E-state index is 11.2. The molecule has 0 aliphatic heterocycles. The number of aliphatic carboxylic acids is 1. The minimum Gasteiger partial charge on any atom is -0.494 e. The van der Waals surface area contributed by atoms with Crippen molar-refractivity contribution in [1.29, 1.82) is 0 Å². The molecule has 2 bridgehead atoms. The summed E-state index contributed by atoms with van der Waals surface area (Å²) >= 11 is 0. The molecule has 4 N–H and O–H groups in total. The second kappa shape index (κ2) is 3.56. The molecule has 0 aromatic carbocycles. The number of hydrogen-bond acceptors (Lipinski definition) is 3. The van der Waals surface area contributed by atoms with Crippen LogP contribution in [0.15, 0.2) is 11.6 Å². The van der Waals surface area contributed by atoms with Crippen molar-refractivity contribution in [2.75, 3.05) is 0 Å². The monoisotopic (exact) mass is 263 g/mol. The van der Waals surface area contributed by atoms with E-state index in [1.807, 2.05) is 13.0 Å². The van der Waals surface area contributed by atoms with Crippen molar-refractivity contribution in [3.8, 4) is 11.8 Å². The summed E-state index contributed by atoms with van der Waals surface area (Å²) in [5.41, 5.74) is 1.61. The number of aromatic nitrogens is 1. The van der Waals surface area contributed by atoms with Crippen LogP contribution >= 0.6 is 0 Å². The molecular weight excluding hydrogens is 246 g/mol. The third-order valence-corrected chi connectivity index (χ3v) is 4.52. The third kappa shape index (κ3) is 1.44. The Balaban J connectivity index is 2.28. The summed E-state index contributed by atoms with van der Waals surface area (Å²) in [7, 11) is 0. The fourth-order valence-electron chi connectivity index (χ4n) is 4.19. The van der Waals surface area contributed by atoms with Gasteiger partial charge in [-0.25, -0.2) is 0 Å². The second-order valence-electron chi connectivity index (χ2n) is 5.88. The van der Waals surface area contributed by atoms with E-state index in [9.17, 15) is 20.1 Å². The van der Waals surface area contributed by atoms with Crippen molar-refractivity contribution in [3.63, 3.8) is 0 Å². The fraction of sp³-hybridized carbons (Fsp3) is 0.500. The van der Waals surface area contributed by atoms with Gasteiger partial charge in [-0.05, 0) is 19.3 Å². The Morgan fingerprint density at radius 3 is 2.74 bits per heavy atom. The molecule has 0 spiro atoms. The van der Waals surface area contributed by atoms with Crippen molar-refractivity contribution in [1.82, 2.24) is 4.98 Å². The minimum absolute atomic E-state index is 0.0359. The molecule has 3 aliphatic carbocycles. The number of nitrogens with one attached hydrogen (secondary N) is 1. The van der Waals surface area contributed by atoms with E-state index >= 15 is 0 Å². The molecule has 5 nitrogen and oxygen atoms in total. The predicted octanol–water partition coefficient (Wildman–Crippen LogP) is 2.22. The van der Waals surface area contributed by atoms with Crippen LogP contribution in [0.4, 0.5) is 0 Å². The van der Waals surface area contributed by atoms with E-state index in [2.05, 4.69) is 11.9 Å². The lowest BCUT2D eigenvalue weighted by atomic mass is 9.55. The average Bonchev–Trinajstić information content (AvgIpc) is 2.53. The van der Waals surface area contributed by atoms with Gasteiger partial charge in [0.15, 0.2) is 11.8 Å². The van der Waals surface area contributed by atoms with Crippen LogP contribution in [0.5, 0.6) is 11.8 Å². The van der Waals surface area contributed by atoms with Gasteiger partial charge in [-0.2, -0.15) is 0 Å². The van der Waals surface area contributed by atoms with Gasteiger partial charge in [0.2, 0.25) is 0 Å². The van der Waals surface area contributed by atoms with Crippen LogP contribution in [0, 0.1) is 5.92 Å². The quantitative estimate of drug-likeness (QED) is 0.615. The first kappa shape index (κ1) is 12.1. The molecule has 0 radical (unpaired) electrons. The molecule has 102 valence electrons. The number of rotatable bonds is 2. The van der Waals surface area contributed by atoms with E-state index in [0.717, 1.165) is 5.57 Å². The van der Waals surface area contributed by atoms with Crippen LogP contribution in [-0.2, 0) is 10.2 Å². The summed E-state index contributed by atoms with van der Waals surface area (Å²) in [4.78, 5) is 13.7. The zero-order valence-corrected chi connectivity index (χ0v) is 10.9. The standard InChI is InChI=1S/C14H17NO4/c1-6-3-14(5-8(16)17)4-7(2)9(6)10-11(14)13(19)15-12(10)18/h3,7,9,15,18-19H,4-5H2,1-2H3,(H,16,17). The van der Waals surface area contributed by atoms with Crippen LogP contribution in [-0.4, -0.2) is 26.3 Å². The van der Waals surface area contributed by atoms with Crippen molar-refractivity contribution in [2.24, 2.45) is 5.92 Å². The van der Waals surface area contributed by atoms with Gasteiger partial charge in [0.05, 0.1) is 6.42 Å². The molecular formula is C14H17NO4. The number of carbonyl (C=O) groups is 1. The Morgan fingerprint density at radius 1 is 1.47 bits per heavy atom. The van der Waals surface area contributed by atoms with Crippen molar-refractivity contribution in [2.45, 2.75) is 38.0 Å². The first-order valence-electron chi connectivity index (χ1n) is 6.41. The molecule has 0 saturated heterocycles. The summed E-state index contributed by atoms with van der Waals surface area (Å²) in [6, 6.07) is 0. The fourth-order valence-corrected chi connectivity index (χ4v) is 4.19. The molecule has 0 saturated carbocycles. The highest BCUT2D eigenvalue weighted by atomic mass is 16.4. The first-order valence-corrected chi connectivity index (χ1v) is 6.41. The van der Waals surface area contributed by atoms with Gasteiger partial charge >= 0.3 is 5.97 Å². The zero-order valence-electron chi connectivity index (χ0n) is 10.9. The molecule has 0 fully saturated rings. The number of aromatic hydroxyl groups is 2. The molecule has 1 heterocycles. The molecule has 19 heavy (non-hydrogen) atoms. The summed E-state index contributed by atoms with van der Waals surface area (Å²) < 4.78 is 0. The highest BCUT2D eigenvalue weighted by Crippen LogP contribution is 2.60. The predicted molar refractivity (Wildman–Crippen MR) is 68.3 cm³/mol. The smallest absolute Gasteiger partial charge is 0.304 e. The van der Waals surface area contributed by atoms with Crippen molar-refractivity contribution in [3.05, 3.63) is 22.8 Å². The summed E-state index contributed by atoms with van der Waals surface area (Å²) in [6.07, 6.45) is 2.57. The molecule has 1 aromatic heterocycles. The second-order valence-corrected chi connectivity index (χ2v) is 5.88. The molecule has 4 rings (SSSR count). The Kier molecular flexibility index (Phi) is 2.27. The molecule has 1 aromatic rings. The number of fused-ring (bicyclic) bond motifs is 1. The van der Waals surface area contributed by atoms with Gasteiger partial charge in [-0.15, -0.1) is 0 Å². The normalized spacial score (nSPS) is 32.0. The lowest BCUT2D eigenvalue weighted by molar-refractivity contribution is -0.138. The van der Waals surface area contributed by atoms with Crippen LogP contribution in [0.1, 0.15) is 43.7 Å². The summed E-state index contributed by atoms with van der Waals surface area (Å²) in [6.45, 7) is 4.02. The van der Waals surface area contributed by atoms with Crippen LogP contribution in [0.2, 0.25) is 0 Å². The largest absolute Gasteiger partial charge is 0.494 e. The van der Waals surface area contributed by atoms with Gasteiger partial charge in [0.25, 0.3) is 0 Å². The lowest BCUT2D eigenvalue weighted by Crippen LogP contribution is -2.41. The lowest BCUT2D eigenvalue weighted by Gasteiger charge is -2.47. The maximum Gasteiger partial charge on any atom is 0.304 e. The molecule has 5 heteroatoms. The summed E-state index contributed by atoms with van der Waals surface area (Å²) in [5.74, 6) is -0.732. The van der Waals surface area contributed by atoms with E-state index in [-0.39, 0.29) is 30.0 Å². The Hall–Kier alpha value is -1.91. The van der Waals surface area contributed by atoms with E-state index < -0.39 is 11.4 Å². The van der Waals surface area contributed by atoms with Crippen LogP contribution in [0.3, 0.4) is 0 Å². The van der Waals surface area contributed by atoms with Gasteiger partial charge < -0.3 is 15.3 Å². The van der Waals surface area contributed by atoms with Crippen LogP contribution < -0.4 is 0 Å². The topological polar surface area (TPSA) is 93.5 Å². The number of carboxylic acids is 1. The number of carboxylic acid groups (broad SMARTS) is 1. The average molecular weight is 263 g/mol. The van der Waals surface area contributed by atoms with Gasteiger partial charge in [-0.1, -0.05) is 18.6 Å². The van der Waals surface area contributed by atoms with Crippen molar-refractivity contribution >= 4 is 5.97 Å². The Morgan fingerprint density at radius 2 is 2.16 bits per heavy atom. The van der Waals surface area contributed by atoms with Gasteiger partial charge in [-0.3, -0.25) is 9.78 Å². The van der Waals surface area contributed by atoms with E-state index in [1.54, 1.807) is 0 Å². The van der Waals surface area contributed by atoms with Gasteiger partial charge in [0.1, 0.15) is 0 Å². The number of hydrogen-bond donors (Lipinski definition) is 4. The minimum atomic E-state index is -0.900. The van der Waals surface area contributed by atoms with Crippen molar-refractivity contribution < 1.29 is 20.1 Å². The van der Waals surface area contributed by atoms with Crippen LogP contribution in [0.25, 0.3) is 0 Å². The molecule has 3 aliphatic rings. The number of H-pyrrole nitrogens is 1. The molecule has 0 amide bonds. The first-order chi connectivity index (χ1) is 8.85. The van der Waals surface area contributed by atoms with E-state index in [1.165, 1.54) is 0 Å². The number of aromatic amines is 1. The maximum atomic E-state index is 11.2. The zero-order chi connectivity index (χ0) is 13.9. The SMILES string of the molecule is CC1=CC2(CC(=O)O)CC(C)C1c1c(O)[nH]c(O)c12. The third-order valence-electron chi connectivity index (χ3n) is 4.52. The number of allylic oxidation sites excluding steroid dienone is 2. The summed E-state index contributed by atoms with van der Waals surface area (Å²) in [5, 5.41) is 29.2. The Labute approximate surface area is 110 Å². The highest BCUT2D eigenvalue weighted by Gasteiger charge is 2.51. The van der Waals surface area contributed by atoms with E-state index in [4.69, 9.17) is 0 Å². The Bertz CT molecular complexity index is 601. The van der Waals surface area contributed by atoms with Gasteiger partial charge in [0, 0.05) is 22.5 Å².